The number of methoxy groups -OCH3 is 4. The van der Waals surface area contributed by atoms with Crippen molar-refractivity contribution in [3.63, 3.8) is 0 Å². The molecule has 3 saturated heterocycles. The topological polar surface area (TPSA) is 293 Å². The summed E-state index contributed by atoms with van der Waals surface area (Å²) < 4.78 is 54.0. The zero-order chi connectivity index (χ0) is 59.5. The molecule has 0 spiro atoms. The first-order valence-corrected chi connectivity index (χ1v) is 30.3. The van der Waals surface area contributed by atoms with Crippen LogP contribution in [0, 0.1) is 34.2 Å². The normalized spacial score (nSPS) is 31.3. The SMILES string of the molecule is CCN[C@H]1CO[C@@H](O[C@H]2[C@H](O[C@H]3C#C/C=C\C#C[C@]4(O)CC(=O)C(NC(=O)OC)=C3/C4=C/CSSC(C)(C)CC(=O)NN(C)C)O[C@H](C)C(NO[C@H]3C[C@H](O)[C@H](SC(=O)c4c(C)c(I)c(O)c(OC)c4OC)[C@@H](C)O3)[C@@H]2O)C[C@@H]1OC. The number of benzene rings is 1. The number of halogens is 1. The van der Waals surface area contributed by atoms with E-state index < -0.39 is 101 Å². The van der Waals surface area contributed by atoms with Crippen LogP contribution in [0.3, 0.4) is 0 Å². The van der Waals surface area contributed by atoms with E-state index in [2.05, 4.69) is 45.2 Å². The molecule has 448 valence electrons. The maximum Gasteiger partial charge on any atom is 0.411 e. The molecule has 2 bridgehead atoms. The quantitative estimate of drug-likeness (QED) is 0.0271. The van der Waals surface area contributed by atoms with Crippen molar-refractivity contribution >= 4 is 78.8 Å². The largest absolute Gasteiger partial charge is 0.503 e. The summed E-state index contributed by atoms with van der Waals surface area (Å²) in [6.07, 6.45) is -8.13. The van der Waals surface area contributed by atoms with Gasteiger partial charge in [0, 0.05) is 62.1 Å². The van der Waals surface area contributed by atoms with E-state index in [1.807, 2.05) is 43.4 Å². The number of aromatic hydroxyl groups is 1. The molecule has 81 heavy (non-hydrogen) atoms. The van der Waals surface area contributed by atoms with Gasteiger partial charge in [0.05, 0.1) is 90.9 Å². The molecule has 0 saturated carbocycles. The smallest absolute Gasteiger partial charge is 0.411 e. The van der Waals surface area contributed by atoms with Gasteiger partial charge >= 0.3 is 6.09 Å². The Bertz CT molecular complexity index is 2660. The van der Waals surface area contributed by atoms with Crippen LogP contribution in [0.25, 0.3) is 0 Å². The Morgan fingerprint density at radius 1 is 1.01 bits per heavy atom. The van der Waals surface area contributed by atoms with Gasteiger partial charge in [0.15, 0.2) is 41.8 Å². The number of hydrogen-bond acceptors (Lipinski definition) is 24. The number of hydroxylamine groups is 1. The Balaban J connectivity index is 1.29. The summed E-state index contributed by atoms with van der Waals surface area (Å²) in [5.41, 5.74) is 3.88. The first kappa shape index (κ1) is 66.4. The molecule has 1 aromatic rings. The van der Waals surface area contributed by atoms with E-state index in [1.165, 1.54) is 48.0 Å². The predicted octanol–water partition coefficient (Wildman–Crippen LogP) is 3.53. The van der Waals surface area contributed by atoms with Crippen LogP contribution in [0.15, 0.2) is 35.1 Å². The molecule has 0 aromatic heterocycles. The van der Waals surface area contributed by atoms with Gasteiger partial charge in [-0.25, -0.2) is 9.80 Å². The van der Waals surface area contributed by atoms with E-state index in [0.29, 0.717) is 15.7 Å². The fourth-order valence-electron chi connectivity index (χ4n) is 9.74. The minimum Gasteiger partial charge on any atom is -0.503 e. The Morgan fingerprint density at radius 2 is 1.73 bits per heavy atom. The number of phenols is 1. The number of fused-ring (bicyclic) bond motifs is 2. The number of alkyl carbamates (subject to hydrolysis) is 1. The molecule has 3 fully saturated rings. The molecule has 27 heteroatoms. The van der Waals surface area contributed by atoms with Crippen molar-refractivity contribution in [3.05, 3.63) is 49.8 Å². The highest BCUT2D eigenvalue weighted by atomic mass is 127. The third kappa shape index (κ3) is 16.6. The second-order valence-electron chi connectivity index (χ2n) is 20.3. The number of amides is 2. The lowest BCUT2D eigenvalue weighted by atomic mass is 9.75. The van der Waals surface area contributed by atoms with Crippen molar-refractivity contribution in [3.8, 4) is 40.9 Å². The highest BCUT2D eigenvalue weighted by Gasteiger charge is 2.51. The summed E-state index contributed by atoms with van der Waals surface area (Å²) in [7, 11) is 11.6. The van der Waals surface area contributed by atoms with Crippen molar-refractivity contribution in [2.75, 3.05) is 61.4 Å². The second-order valence-corrected chi connectivity index (χ2v) is 25.6. The molecule has 3 aliphatic heterocycles. The lowest BCUT2D eigenvalue weighted by Crippen LogP contribution is -2.65. The predicted molar refractivity (Wildman–Crippen MR) is 311 cm³/mol. The Morgan fingerprint density at radius 3 is 2.38 bits per heavy atom. The van der Waals surface area contributed by atoms with Crippen LogP contribution >= 0.6 is 55.9 Å². The number of thioether (sulfide) groups is 1. The van der Waals surface area contributed by atoms with Crippen molar-refractivity contribution in [1.29, 1.82) is 0 Å². The molecule has 23 nitrogen and oxygen atoms in total. The van der Waals surface area contributed by atoms with Crippen LogP contribution in [0.4, 0.5) is 4.79 Å². The maximum absolute atomic E-state index is 14.2. The van der Waals surface area contributed by atoms with Gasteiger partial charge in [-0.1, -0.05) is 70.0 Å². The molecule has 8 N–H and O–H groups in total. The Hall–Kier alpha value is -3.70. The lowest BCUT2D eigenvalue weighted by Gasteiger charge is -2.46. The molecule has 1 unspecified atom stereocenters. The van der Waals surface area contributed by atoms with E-state index >= 15 is 0 Å². The molecule has 5 aliphatic rings. The highest BCUT2D eigenvalue weighted by molar-refractivity contribution is 14.1. The van der Waals surface area contributed by atoms with E-state index in [1.54, 1.807) is 53.1 Å². The van der Waals surface area contributed by atoms with Crippen molar-refractivity contribution in [2.24, 2.45) is 0 Å². The van der Waals surface area contributed by atoms with Crippen LogP contribution in [-0.4, -0.2) is 199 Å². The number of ketones is 1. The van der Waals surface area contributed by atoms with E-state index in [9.17, 15) is 39.6 Å². The van der Waals surface area contributed by atoms with Gasteiger partial charge in [0.25, 0.3) is 0 Å². The monoisotopic (exact) mass is 1300 g/mol. The number of hydrazine groups is 1. The molecule has 2 aliphatic carbocycles. The summed E-state index contributed by atoms with van der Waals surface area (Å²) in [6.45, 7) is 11.6. The average molecular weight is 1300 g/mol. The molecular formula is C54H74IN5O18S3. The first-order valence-electron chi connectivity index (χ1n) is 26.0. The maximum atomic E-state index is 14.2. The number of phenolic OH excluding ortho intramolecular Hbond substituents is 1. The van der Waals surface area contributed by atoms with Crippen LogP contribution in [0.5, 0.6) is 17.2 Å². The third-order valence-electron chi connectivity index (χ3n) is 13.6. The number of carbonyl (C=O) groups is 4. The summed E-state index contributed by atoms with van der Waals surface area (Å²) in [5, 5.41) is 53.5. The number of nitrogens with zero attached hydrogens (tertiary/aromatic N) is 1. The van der Waals surface area contributed by atoms with Gasteiger partial charge in [-0.2, -0.15) is 5.48 Å². The molecule has 3 heterocycles. The standard InChI is InChI=1S/C54H74IN5O18S3/c1-13-56-31-26-73-37(23-35(31)69-9)77-48-45(65)42(59-78-38-22-32(61)49(29(4)74-38)80-50(66)39-27(2)41(55)44(64)47(71-11)46(39)70-10)28(3)75-51(48)76-34-18-16-14-15-17-20-54(68)24-33(62)43(57-52(67)72-12)40(34)30(54)19-21-79-81-53(5,6)25-36(63)58-60(7)8/h14-15,19,28-29,31-32,34-35,37-38,42,45,48-49,51,56,59,61,64-65,68H,13,21-26H2,1-12H3,(H,57,67)(H,58,63)/b15-14-,30-19-/t28-,29-,31+,32+,34+,35+,37+,38+,42?,45+,48-,49-,51+,54+/m1/s1. The van der Waals surface area contributed by atoms with Crippen molar-refractivity contribution in [1.82, 2.24) is 26.5 Å². The first-order chi connectivity index (χ1) is 38.4. The number of Topliss-reactive ketones (excluding diaryl/α,β-unsaturated/α-hetero) is 1. The molecule has 6 rings (SSSR count). The number of carbonyl (C=O) groups excluding carboxylic acids is 4. The lowest BCUT2D eigenvalue weighted by molar-refractivity contribution is -0.336. The minimum absolute atomic E-state index is 0.000740. The summed E-state index contributed by atoms with van der Waals surface area (Å²) in [5.74, 6) is 10.7. The van der Waals surface area contributed by atoms with Crippen LogP contribution < -0.4 is 31.0 Å². The van der Waals surface area contributed by atoms with Gasteiger partial charge in [0.2, 0.25) is 16.8 Å². The number of ether oxygens (including phenoxy) is 9. The Labute approximate surface area is 498 Å². The fraction of sp³-hybridized carbons (Fsp3) is 0.630. The zero-order valence-electron chi connectivity index (χ0n) is 47.2. The van der Waals surface area contributed by atoms with Gasteiger partial charge in [0.1, 0.15) is 18.3 Å². The summed E-state index contributed by atoms with van der Waals surface area (Å²) in [4.78, 5) is 60.0. The van der Waals surface area contributed by atoms with Gasteiger partial charge in [-0.05, 0) is 81.5 Å². The van der Waals surface area contributed by atoms with Crippen LogP contribution in [-0.2, 0) is 47.6 Å². The molecule has 14 atom stereocenters. The fourth-order valence-corrected chi connectivity index (χ4v) is 13.7. The number of nitrogens with one attached hydrogen (secondary N) is 4. The third-order valence-corrected chi connectivity index (χ3v) is 19.4. The molecule has 1 aromatic carbocycles. The number of aliphatic hydroxyl groups is 3. The number of allylic oxidation sites excluding steroid dienone is 3. The summed E-state index contributed by atoms with van der Waals surface area (Å²) in [6, 6.07) is -1.27. The number of rotatable bonds is 22. The average Bonchev–Trinajstić information content (AvgIpc) is 3.59. The van der Waals surface area contributed by atoms with Gasteiger partial charge < -0.3 is 68.4 Å². The number of aliphatic hydroxyl groups excluding tert-OH is 2. The zero-order valence-corrected chi connectivity index (χ0v) is 51.8. The van der Waals surface area contributed by atoms with E-state index in [-0.39, 0.29) is 89.3 Å². The minimum atomic E-state index is -2.13. The van der Waals surface area contributed by atoms with Gasteiger partial charge in [-0.3, -0.25) is 30.0 Å². The van der Waals surface area contributed by atoms with E-state index in [0.717, 1.165) is 18.9 Å². The van der Waals surface area contributed by atoms with E-state index in [4.69, 9.17) is 47.5 Å². The number of hydrogen-bond donors (Lipinski definition) is 8. The Kier molecular flexibility index (Phi) is 24.5. The summed E-state index contributed by atoms with van der Waals surface area (Å²) >= 11 is 2.77. The molecule has 0 radical (unpaired) electrons. The van der Waals surface area contributed by atoms with Crippen LogP contribution in [0.1, 0.15) is 76.2 Å². The highest BCUT2D eigenvalue weighted by Crippen LogP contribution is 2.48. The van der Waals surface area contributed by atoms with Crippen LogP contribution in [0.2, 0.25) is 0 Å². The second kappa shape index (κ2) is 29.9. The van der Waals surface area contributed by atoms with Crippen molar-refractivity contribution < 1.29 is 87.1 Å². The van der Waals surface area contributed by atoms with Gasteiger partial charge in [-0.15, -0.1) is 0 Å². The molecular weight excluding hydrogens is 1230 g/mol. The van der Waals surface area contributed by atoms with Crippen molar-refractivity contribution in [2.45, 2.75) is 157 Å². The number of likely N-dealkylation sites (N-methyl/N-ethyl adjacent to an activating group) is 1. The molecule has 2 amide bonds.